The molecule has 3 amide bonds. The lowest BCUT2D eigenvalue weighted by atomic mass is 10.1. The topological polar surface area (TPSA) is 114 Å². The number of pyridine rings is 1. The molecule has 3 aromatic rings. The van der Waals surface area contributed by atoms with Gasteiger partial charge in [0.1, 0.15) is 29.0 Å². The highest BCUT2D eigenvalue weighted by molar-refractivity contribution is 6.31. The van der Waals surface area contributed by atoms with Gasteiger partial charge >= 0.3 is 12.2 Å². The number of hydrogen-bond donors (Lipinski definition) is 4. The van der Waals surface area contributed by atoms with Crippen LogP contribution in [0.1, 0.15) is 28.9 Å². The average Bonchev–Trinajstić information content (AvgIpc) is 2.90. The van der Waals surface area contributed by atoms with Gasteiger partial charge in [0, 0.05) is 37.1 Å². The zero-order valence-electron chi connectivity index (χ0n) is 20.7. The molecule has 0 saturated carbocycles. The van der Waals surface area contributed by atoms with E-state index in [-0.39, 0.29) is 29.1 Å². The van der Waals surface area contributed by atoms with Crippen LogP contribution in [-0.2, 0) is 6.18 Å². The van der Waals surface area contributed by atoms with Gasteiger partial charge in [0.2, 0.25) is 0 Å². The predicted molar refractivity (Wildman–Crippen MR) is 140 cm³/mol. The van der Waals surface area contributed by atoms with Gasteiger partial charge in [-0.1, -0.05) is 17.7 Å². The van der Waals surface area contributed by atoms with Gasteiger partial charge in [0.05, 0.1) is 16.3 Å². The van der Waals surface area contributed by atoms with Crippen molar-refractivity contribution in [2.75, 3.05) is 30.8 Å². The second-order valence-corrected chi connectivity index (χ2v) is 8.97. The van der Waals surface area contributed by atoms with Gasteiger partial charge < -0.3 is 30.7 Å². The first-order valence-corrected chi connectivity index (χ1v) is 12.3. The maximum atomic E-state index is 13.5. The molecule has 0 aliphatic carbocycles. The Balaban J connectivity index is 1.50. The number of piperidine rings is 1. The molecular weight excluding hydrogens is 539 g/mol. The summed E-state index contributed by atoms with van der Waals surface area (Å²) in [5, 5.41) is 10.1. The number of nitrogens with zero attached hydrogens (tertiary/aromatic N) is 1. The zero-order chi connectivity index (χ0) is 28.0. The Kier molecular flexibility index (Phi) is 8.77. The summed E-state index contributed by atoms with van der Waals surface area (Å²) in [6.45, 7) is 1.40. The van der Waals surface area contributed by atoms with E-state index >= 15 is 0 Å². The normalized spacial score (nSPS) is 13.9. The number of carbonyl (C=O) groups excluding carboxylic acids is 2. The number of carbonyl (C=O) groups is 2. The number of rotatable bonds is 7. The fourth-order valence-electron chi connectivity index (χ4n) is 3.85. The summed E-state index contributed by atoms with van der Waals surface area (Å²) in [7, 11) is 1.48. The molecule has 0 unspecified atom stereocenters. The number of halogens is 4. The van der Waals surface area contributed by atoms with E-state index in [0.29, 0.717) is 43.1 Å². The van der Waals surface area contributed by atoms with Gasteiger partial charge in [-0.3, -0.25) is 9.78 Å². The highest BCUT2D eigenvalue weighted by atomic mass is 35.5. The van der Waals surface area contributed by atoms with E-state index in [9.17, 15) is 22.8 Å². The van der Waals surface area contributed by atoms with Crippen molar-refractivity contribution < 1.29 is 32.2 Å². The minimum absolute atomic E-state index is 0.0386. The van der Waals surface area contributed by atoms with Crippen LogP contribution >= 0.6 is 11.6 Å². The number of anilines is 2. The molecule has 206 valence electrons. The maximum Gasteiger partial charge on any atom is 0.417 e. The molecule has 0 atom stereocenters. The summed E-state index contributed by atoms with van der Waals surface area (Å²) < 4.78 is 52.2. The number of urea groups is 1. The summed E-state index contributed by atoms with van der Waals surface area (Å²) in [6.07, 6.45) is -2.25. The van der Waals surface area contributed by atoms with E-state index < -0.39 is 22.8 Å². The first-order valence-electron chi connectivity index (χ1n) is 11.9. The van der Waals surface area contributed by atoms with Crippen LogP contribution in [0.15, 0.2) is 54.7 Å². The number of aromatic nitrogens is 1. The third kappa shape index (κ3) is 7.52. The van der Waals surface area contributed by atoms with Gasteiger partial charge in [0.15, 0.2) is 0 Å². The molecule has 0 bridgehead atoms. The largest absolute Gasteiger partial charge is 0.488 e. The Morgan fingerprint density at radius 3 is 2.51 bits per heavy atom. The molecule has 4 N–H and O–H groups in total. The standard InChI is InChI=1S/C26H25ClF3N5O4/c1-31-24(36)22-12-18(7-10-33-22)38-17-4-2-3-15(11-17)34-25(37)35-21-13-19(26(28,29)30)20(27)14-23(21)39-16-5-8-32-9-6-16/h2-4,7,10-14,16,32H,5-6,8-9H2,1H3,(H,31,36)(H2,34,35,37). The van der Waals surface area contributed by atoms with Crippen molar-refractivity contribution in [2.24, 2.45) is 0 Å². The van der Waals surface area contributed by atoms with Crippen LogP contribution in [0.4, 0.5) is 29.3 Å². The lowest BCUT2D eigenvalue weighted by Crippen LogP contribution is -2.34. The molecule has 1 saturated heterocycles. The molecule has 1 aromatic heterocycles. The molecular formula is C26H25ClF3N5O4. The number of nitrogens with one attached hydrogen (secondary N) is 4. The van der Waals surface area contributed by atoms with Crippen molar-refractivity contribution in [3.8, 4) is 17.2 Å². The predicted octanol–water partition coefficient (Wildman–Crippen LogP) is 5.68. The Labute approximate surface area is 227 Å². The average molecular weight is 564 g/mol. The molecule has 4 rings (SSSR count). The number of hydrogen-bond acceptors (Lipinski definition) is 6. The third-order valence-corrected chi connectivity index (χ3v) is 6.03. The summed E-state index contributed by atoms with van der Waals surface area (Å²) in [4.78, 5) is 28.6. The highest BCUT2D eigenvalue weighted by Gasteiger charge is 2.35. The summed E-state index contributed by atoms with van der Waals surface area (Å²) >= 11 is 5.91. The van der Waals surface area contributed by atoms with E-state index in [4.69, 9.17) is 21.1 Å². The van der Waals surface area contributed by atoms with Gasteiger partial charge in [-0.25, -0.2) is 4.79 Å². The van der Waals surface area contributed by atoms with Crippen LogP contribution in [0.25, 0.3) is 0 Å². The maximum absolute atomic E-state index is 13.5. The third-order valence-electron chi connectivity index (χ3n) is 5.72. The van der Waals surface area contributed by atoms with E-state index in [0.717, 1.165) is 12.1 Å². The Bertz CT molecular complexity index is 1350. The van der Waals surface area contributed by atoms with E-state index in [1.807, 2.05) is 0 Å². The van der Waals surface area contributed by atoms with Crippen LogP contribution in [0.3, 0.4) is 0 Å². The number of benzene rings is 2. The van der Waals surface area contributed by atoms with E-state index in [1.165, 1.54) is 25.4 Å². The lowest BCUT2D eigenvalue weighted by Gasteiger charge is -2.26. The van der Waals surface area contributed by atoms with Crippen LogP contribution < -0.4 is 30.7 Å². The smallest absolute Gasteiger partial charge is 0.417 e. The minimum Gasteiger partial charge on any atom is -0.488 e. The molecule has 13 heteroatoms. The molecule has 1 aliphatic heterocycles. The molecule has 2 heterocycles. The van der Waals surface area contributed by atoms with Crippen molar-refractivity contribution in [3.63, 3.8) is 0 Å². The number of alkyl halides is 3. The highest BCUT2D eigenvalue weighted by Crippen LogP contribution is 2.41. The fraction of sp³-hybridized carbons (Fsp3) is 0.269. The van der Waals surface area contributed by atoms with E-state index in [1.54, 1.807) is 24.3 Å². The number of ether oxygens (including phenoxy) is 2. The van der Waals surface area contributed by atoms with Crippen molar-refractivity contribution in [3.05, 3.63) is 71.0 Å². The summed E-state index contributed by atoms with van der Waals surface area (Å²) in [5.74, 6) is 0.331. The zero-order valence-corrected chi connectivity index (χ0v) is 21.4. The molecule has 0 spiro atoms. The van der Waals surface area contributed by atoms with Crippen LogP contribution in [-0.4, -0.2) is 43.2 Å². The van der Waals surface area contributed by atoms with Gasteiger partial charge in [-0.05, 0) is 50.2 Å². The van der Waals surface area contributed by atoms with Gasteiger partial charge in [-0.15, -0.1) is 0 Å². The van der Waals surface area contributed by atoms with Gasteiger partial charge in [-0.2, -0.15) is 13.2 Å². The van der Waals surface area contributed by atoms with Crippen molar-refractivity contribution in [1.82, 2.24) is 15.6 Å². The van der Waals surface area contributed by atoms with Crippen LogP contribution in [0.2, 0.25) is 5.02 Å². The van der Waals surface area contributed by atoms with Crippen LogP contribution in [0, 0.1) is 0 Å². The molecule has 2 aromatic carbocycles. The SMILES string of the molecule is CNC(=O)c1cc(Oc2cccc(NC(=O)Nc3cc(C(F)(F)F)c(Cl)cc3OC3CCNCC3)c2)ccn1. The Hall–Kier alpha value is -4.03. The van der Waals surface area contributed by atoms with Gasteiger partial charge in [0.25, 0.3) is 5.91 Å². The molecule has 9 nitrogen and oxygen atoms in total. The Morgan fingerprint density at radius 2 is 1.79 bits per heavy atom. The summed E-state index contributed by atoms with van der Waals surface area (Å²) in [6, 6.07) is 10.4. The van der Waals surface area contributed by atoms with Crippen molar-refractivity contribution >= 4 is 34.9 Å². The first-order chi connectivity index (χ1) is 18.6. The van der Waals surface area contributed by atoms with Crippen LogP contribution in [0.5, 0.6) is 17.2 Å². The van der Waals surface area contributed by atoms with Crippen molar-refractivity contribution in [1.29, 1.82) is 0 Å². The van der Waals surface area contributed by atoms with Crippen molar-refractivity contribution in [2.45, 2.75) is 25.1 Å². The number of amides is 3. The minimum atomic E-state index is -4.73. The Morgan fingerprint density at radius 1 is 1.05 bits per heavy atom. The fourth-order valence-corrected chi connectivity index (χ4v) is 4.11. The molecule has 1 fully saturated rings. The summed E-state index contributed by atoms with van der Waals surface area (Å²) in [5.41, 5.74) is -0.807. The molecule has 0 radical (unpaired) electrons. The second kappa shape index (κ2) is 12.2. The lowest BCUT2D eigenvalue weighted by molar-refractivity contribution is -0.137. The molecule has 39 heavy (non-hydrogen) atoms. The molecule has 1 aliphatic rings. The first kappa shape index (κ1) is 28.0. The van der Waals surface area contributed by atoms with E-state index in [2.05, 4.69) is 26.3 Å². The second-order valence-electron chi connectivity index (χ2n) is 8.56. The quantitative estimate of drug-likeness (QED) is 0.294. The monoisotopic (exact) mass is 563 g/mol.